The number of non-ortho nitro benzene ring substituents is 1. The number of carbonyl (C=O) groups is 5. The van der Waals surface area contributed by atoms with Gasteiger partial charge in [0.15, 0.2) is 11.7 Å². The topological polar surface area (TPSA) is 316 Å². The third-order valence-electron chi connectivity index (χ3n) is 9.78. The van der Waals surface area contributed by atoms with Crippen LogP contribution in [0, 0.1) is 10.1 Å². The molecule has 0 bridgehead atoms. The Labute approximate surface area is 347 Å². The number of primary amides is 1. The van der Waals surface area contributed by atoms with Crippen molar-refractivity contribution in [1.29, 1.82) is 0 Å². The van der Waals surface area contributed by atoms with Crippen molar-refractivity contribution in [3.8, 4) is 0 Å². The van der Waals surface area contributed by atoms with Crippen molar-refractivity contribution >= 4 is 62.7 Å². The molecule has 2 heterocycles. The van der Waals surface area contributed by atoms with E-state index in [-0.39, 0.29) is 49.1 Å². The molecule has 7 unspecified atom stereocenters. The van der Waals surface area contributed by atoms with E-state index in [0.29, 0.717) is 16.6 Å². The number of rotatable bonds is 20. The van der Waals surface area contributed by atoms with Gasteiger partial charge in [0.05, 0.1) is 23.5 Å². The number of nitrogens with one attached hydrogen (secondary N) is 6. The standard InChI is InChI=1S/C40H48N8O13/c1-21(44-31(52)20-59-37-34(45-22(2)50)40(61-29(18-49)36(37)54)60-19-23-8-4-3-5-9-23)39(56)47-27(38(41)55)13-15-30(51)43-17-16-42-26-12-14-28(48(57)58)33-32(26)35(53)24-10-6-7-11-25(24)46-33/h3-12,14,21,27,29,34,36-37,40,42,49,54H,13,15-20H2,1-2H3,(H2,41,55)(H,43,51)(H,44,52)(H,45,50)(H,46,53)(H,47,56). The summed E-state index contributed by atoms with van der Waals surface area (Å²) in [5, 5.41) is 46.0. The summed E-state index contributed by atoms with van der Waals surface area (Å²) in [4.78, 5) is 90.3. The monoisotopic (exact) mass is 848 g/mol. The predicted octanol–water partition coefficient (Wildman–Crippen LogP) is -0.443. The van der Waals surface area contributed by atoms with E-state index in [9.17, 15) is 49.1 Å². The smallest absolute Gasteiger partial charge is 0.293 e. The van der Waals surface area contributed by atoms with E-state index in [0.717, 1.165) is 5.56 Å². The first-order chi connectivity index (χ1) is 29.2. The van der Waals surface area contributed by atoms with E-state index >= 15 is 0 Å². The summed E-state index contributed by atoms with van der Waals surface area (Å²) in [7, 11) is 0. The average molecular weight is 849 g/mol. The Morgan fingerprint density at radius 3 is 2.39 bits per heavy atom. The maximum Gasteiger partial charge on any atom is 0.293 e. The lowest BCUT2D eigenvalue weighted by Gasteiger charge is -2.44. The van der Waals surface area contributed by atoms with Gasteiger partial charge in [0, 0.05) is 49.1 Å². The van der Waals surface area contributed by atoms with Crippen molar-refractivity contribution in [3.05, 3.63) is 92.6 Å². The molecular formula is C40H48N8O13. The Bertz CT molecular complexity index is 2290. The number of aromatic amines is 1. The second-order valence-electron chi connectivity index (χ2n) is 14.2. The number of nitrogens with zero attached hydrogens (tertiary/aromatic N) is 1. The fourth-order valence-electron chi connectivity index (χ4n) is 6.73. The maximum atomic E-state index is 13.3. The Kier molecular flexibility index (Phi) is 15.8. The third-order valence-corrected chi connectivity index (χ3v) is 9.78. The molecule has 4 aromatic rings. The van der Waals surface area contributed by atoms with Gasteiger partial charge in [0.25, 0.3) is 5.69 Å². The summed E-state index contributed by atoms with van der Waals surface area (Å²) in [6.07, 6.45) is -5.60. The number of para-hydroxylation sites is 1. The normalized spacial score (nSPS) is 19.6. The van der Waals surface area contributed by atoms with Crippen LogP contribution in [0.15, 0.2) is 71.5 Å². The molecule has 0 aliphatic carbocycles. The molecule has 61 heavy (non-hydrogen) atoms. The Balaban J connectivity index is 1.10. The molecule has 5 amide bonds. The number of nitrogens with two attached hydrogens (primary N) is 1. The molecule has 0 saturated carbocycles. The van der Waals surface area contributed by atoms with Crippen LogP contribution in [0.1, 0.15) is 32.3 Å². The van der Waals surface area contributed by atoms with Gasteiger partial charge in [-0.15, -0.1) is 0 Å². The van der Waals surface area contributed by atoms with Crippen LogP contribution in [0.2, 0.25) is 0 Å². The molecule has 21 nitrogen and oxygen atoms in total. The summed E-state index contributed by atoms with van der Waals surface area (Å²) in [6.45, 7) is 1.44. The average Bonchev–Trinajstić information content (AvgIpc) is 3.23. The summed E-state index contributed by atoms with van der Waals surface area (Å²) < 4.78 is 17.3. The molecule has 1 aliphatic heterocycles. The quantitative estimate of drug-likeness (QED) is 0.0236. The molecule has 1 aliphatic rings. The largest absolute Gasteiger partial charge is 0.394 e. The molecule has 0 radical (unpaired) electrons. The highest BCUT2D eigenvalue weighted by Crippen LogP contribution is 2.30. The first-order valence-corrected chi connectivity index (χ1v) is 19.3. The van der Waals surface area contributed by atoms with Crippen LogP contribution in [0.5, 0.6) is 0 Å². The van der Waals surface area contributed by atoms with Crippen LogP contribution in [0.25, 0.3) is 21.8 Å². The highest BCUT2D eigenvalue weighted by Gasteiger charge is 2.47. The highest BCUT2D eigenvalue weighted by atomic mass is 16.7. The number of aliphatic hydroxyl groups excluding tert-OH is 2. The lowest BCUT2D eigenvalue weighted by atomic mass is 9.96. The van der Waals surface area contributed by atoms with Gasteiger partial charge in [0.2, 0.25) is 29.5 Å². The maximum absolute atomic E-state index is 13.3. The number of H-pyrrole nitrogens is 1. The number of anilines is 1. The summed E-state index contributed by atoms with van der Waals surface area (Å²) >= 11 is 0. The highest BCUT2D eigenvalue weighted by molar-refractivity contribution is 6.03. The van der Waals surface area contributed by atoms with Gasteiger partial charge in [-0.05, 0) is 37.1 Å². The zero-order chi connectivity index (χ0) is 44.2. The van der Waals surface area contributed by atoms with Crippen LogP contribution in [-0.4, -0.2) is 119 Å². The number of hydrogen-bond acceptors (Lipinski definition) is 14. The zero-order valence-electron chi connectivity index (χ0n) is 33.3. The predicted molar refractivity (Wildman–Crippen MR) is 219 cm³/mol. The van der Waals surface area contributed by atoms with Gasteiger partial charge in [-0.3, -0.25) is 38.9 Å². The minimum Gasteiger partial charge on any atom is -0.394 e. The molecular weight excluding hydrogens is 800 g/mol. The fraction of sp³-hybridized carbons (Fsp3) is 0.400. The Morgan fingerprint density at radius 1 is 0.984 bits per heavy atom. The SMILES string of the molecule is CC(=O)NC1C(OCc2ccccc2)OC(CO)C(O)C1OCC(=O)NC(C)C(=O)NC(CCC(=O)NCCNc1ccc([N+](=O)[O-])c2[nH]c3ccccc3c(=O)c12)C(N)=O. The molecule has 3 aromatic carbocycles. The Hall–Kier alpha value is -6.52. The molecule has 0 spiro atoms. The van der Waals surface area contributed by atoms with Gasteiger partial charge in [0.1, 0.15) is 48.6 Å². The van der Waals surface area contributed by atoms with Crippen LogP contribution >= 0.6 is 0 Å². The number of amides is 5. The van der Waals surface area contributed by atoms with E-state index in [1.165, 1.54) is 26.0 Å². The number of benzene rings is 3. The molecule has 1 saturated heterocycles. The zero-order valence-corrected chi connectivity index (χ0v) is 33.3. The van der Waals surface area contributed by atoms with Gasteiger partial charge >= 0.3 is 0 Å². The van der Waals surface area contributed by atoms with E-state index in [2.05, 4.69) is 31.6 Å². The van der Waals surface area contributed by atoms with Gasteiger partial charge in [-0.25, -0.2) is 0 Å². The minimum absolute atomic E-state index is 0.0482. The number of aromatic nitrogens is 1. The van der Waals surface area contributed by atoms with Crippen molar-refractivity contribution in [1.82, 2.24) is 26.3 Å². The summed E-state index contributed by atoms with van der Waals surface area (Å²) in [5.41, 5.74) is 6.38. The van der Waals surface area contributed by atoms with Crippen LogP contribution < -0.4 is 37.7 Å². The number of ether oxygens (including phenoxy) is 3. The molecule has 21 heteroatoms. The number of pyridine rings is 1. The molecule has 10 N–H and O–H groups in total. The fourth-order valence-corrected chi connectivity index (χ4v) is 6.73. The van der Waals surface area contributed by atoms with E-state index < -0.39 is 95.8 Å². The number of carbonyl (C=O) groups excluding carboxylic acids is 5. The number of fused-ring (bicyclic) bond motifs is 2. The Morgan fingerprint density at radius 2 is 1.70 bits per heavy atom. The second-order valence-corrected chi connectivity index (χ2v) is 14.2. The lowest BCUT2D eigenvalue weighted by molar-refractivity contribution is -0.383. The molecule has 1 fully saturated rings. The van der Waals surface area contributed by atoms with E-state index in [4.69, 9.17) is 19.9 Å². The summed E-state index contributed by atoms with van der Waals surface area (Å²) in [5.74, 6) is -3.57. The molecule has 326 valence electrons. The van der Waals surface area contributed by atoms with Crippen LogP contribution in [-0.2, 0) is 44.8 Å². The van der Waals surface area contributed by atoms with Gasteiger partial charge in [-0.2, -0.15) is 0 Å². The lowest BCUT2D eigenvalue weighted by Crippen LogP contribution is -2.65. The van der Waals surface area contributed by atoms with Crippen molar-refractivity contribution < 1.29 is 53.3 Å². The minimum atomic E-state index is -1.50. The van der Waals surface area contributed by atoms with Crippen LogP contribution in [0.4, 0.5) is 11.4 Å². The van der Waals surface area contributed by atoms with Crippen molar-refractivity contribution in [2.24, 2.45) is 5.73 Å². The van der Waals surface area contributed by atoms with Crippen molar-refractivity contribution in [3.63, 3.8) is 0 Å². The van der Waals surface area contributed by atoms with E-state index in [1.807, 2.05) is 6.07 Å². The number of hydrogen-bond donors (Lipinski definition) is 9. The first kappa shape index (κ1) is 45.6. The third kappa shape index (κ3) is 11.8. The first-order valence-electron chi connectivity index (χ1n) is 19.3. The van der Waals surface area contributed by atoms with Crippen molar-refractivity contribution in [2.75, 3.05) is 31.6 Å². The number of aliphatic hydroxyl groups is 2. The number of nitro benzene ring substituents is 1. The molecule has 7 atom stereocenters. The van der Waals surface area contributed by atoms with Crippen LogP contribution in [0.3, 0.4) is 0 Å². The number of nitro groups is 1. The summed E-state index contributed by atoms with van der Waals surface area (Å²) in [6, 6.07) is 14.7. The van der Waals surface area contributed by atoms with E-state index in [1.54, 1.807) is 48.5 Å². The molecule has 5 rings (SSSR count). The van der Waals surface area contributed by atoms with Crippen molar-refractivity contribution in [2.45, 2.75) is 76.0 Å². The second kappa shape index (κ2) is 21.1. The van der Waals surface area contributed by atoms with Gasteiger partial charge in [-0.1, -0.05) is 42.5 Å². The van der Waals surface area contributed by atoms with Gasteiger partial charge < -0.3 is 61.7 Å². The molecule has 1 aromatic heterocycles.